The van der Waals surface area contributed by atoms with Gasteiger partial charge in [0.2, 0.25) is 0 Å². The molecular formula is C16H20BrFN4S. The highest BCUT2D eigenvalue weighted by Crippen LogP contribution is 2.17. The molecule has 0 saturated carbocycles. The largest absolute Gasteiger partial charge is 0.357 e. The zero-order valence-electron chi connectivity index (χ0n) is 13.4. The first-order valence-corrected chi connectivity index (χ1v) is 8.99. The Labute approximate surface area is 148 Å². The lowest BCUT2D eigenvalue weighted by atomic mass is 10.2. The van der Waals surface area contributed by atoms with Gasteiger partial charge in [-0.2, -0.15) is 0 Å². The first-order valence-electron chi connectivity index (χ1n) is 7.38. The van der Waals surface area contributed by atoms with E-state index in [4.69, 9.17) is 0 Å². The highest BCUT2D eigenvalue weighted by molar-refractivity contribution is 9.10. The first-order chi connectivity index (χ1) is 11.0. The number of benzene rings is 1. The zero-order chi connectivity index (χ0) is 16.8. The van der Waals surface area contributed by atoms with E-state index in [1.54, 1.807) is 17.4 Å². The molecule has 0 atom stereocenters. The second kappa shape index (κ2) is 8.40. The standard InChI is InChI=1S/C16H20BrFN4S/c1-4-19-16(21-9-15-10(2)22-11(3)23-15)20-8-12-5-6-13(17)7-14(12)18/h5-7H,4,8-9H2,1-3H3,(H2,19,20,21). The maximum absolute atomic E-state index is 13.8. The van der Waals surface area contributed by atoms with Gasteiger partial charge in [-0.3, -0.25) is 0 Å². The fourth-order valence-electron chi connectivity index (χ4n) is 2.06. The molecule has 1 aromatic carbocycles. The van der Waals surface area contributed by atoms with Crippen LogP contribution < -0.4 is 10.6 Å². The summed E-state index contributed by atoms with van der Waals surface area (Å²) in [6.07, 6.45) is 0. The van der Waals surface area contributed by atoms with Crippen LogP contribution in [0.25, 0.3) is 0 Å². The van der Waals surface area contributed by atoms with Crippen LogP contribution in [0.4, 0.5) is 4.39 Å². The minimum atomic E-state index is -0.257. The van der Waals surface area contributed by atoms with Crippen molar-refractivity contribution in [2.45, 2.75) is 33.9 Å². The van der Waals surface area contributed by atoms with Crippen molar-refractivity contribution in [2.24, 2.45) is 4.99 Å². The topological polar surface area (TPSA) is 49.3 Å². The Bertz CT molecular complexity index is 699. The summed E-state index contributed by atoms with van der Waals surface area (Å²) in [7, 11) is 0. The Balaban J connectivity index is 2.03. The number of aromatic nitrogens is 1. The van der Waals surface area contributed by atoms with E-state index in [0.29, 0.717) is 18.1 Å². The highest BCUT2D eigenvalue weighted by atomic mass is 79.9. The average Bonchev–Trinajstić information content (AvgIpc) is 2.81. The number of rotatable bonds is 5. The van der Waals surface area contributed by atoms with Crippen molar-refractivity contribution >= 4 is 33.2 Å². The third-order valence-electron chi connectivity index (χ3n) is 3.18. The third-order valence-corrected chi connectivity index (χ3v) is 4.75. The molecule has 0 radical (unpaired) electrons. The van der Waals surface area contributed by atoms with Crippen LogP contribution in [0.3, 0.4) is 0 Å². The fraction of sp³-hybridized carbons (Fsp3) is 0.375. The third kappa shape index (κ3) is 5.28. The van der Waals surface area contributed by atoms with Gasteiger partial charge in [-0.05, 0) is 32.9 Å². The summed E-state index contributed by atoms with van der Waals surface area (Å²) in [6, 6.07) is 5.01. The normalized spacial score (nSPS) is 11.6. The molecule has 124 valence electrons. The van der Waals surface area contributed by atoms with Gasteiger partial charge in [-0.15, -0.1) is 11.3 Å². The van der Waals surface area contributed by atoms with Gasteiger partial charge < -0.3 is 10.6 Å². The smallest absolute Gasteiger partial charge is 0.191 e. The van der Waals surface area contributed by atoms with Crippen LogP contribution in [0.15, 0.2) is 27.7 Å². The lowest BCUT2D eigenvalue weighted by Gasteiger charge is -2.11. The van der Waals surface area contributed by atoms with E-state index in [1.165, 1.54) is 10.9 Å². The predicted octanol–water partition coefficient (Wildman–Crippen LogP) is 3.92. The molecule has 0 unspecified atom stereocenters. The molecule has 0 bridgehead atoms. The molecule has 0 aliphatic heterocycles. The number of hydrogen-bond donors (Lipinski definition) is 2. The van der Waals surface area contributed by atoms with Crippen molar-refractivity contribution in [2.75, 3.05) is 6.54 Å². The fourth-order valence-corrected chi connectivity index (χ4v) is 3.27. The molecule has 2 N–H and O–H groups in total. The number of hydrogen-bond acceptors (Lipinski definition) is 3. The molecule has 7 heteroatoms. The molecule has 4 nitrogen and oxygen atoms in total. The summed E-state index contributed by atoms with van der Waals surface area (Å²) < 4.78 is 14.6. The zero-order valence-corrected chi connectivity index (χ0v) is 15.8. The number of nitrogens with zero attached hydrogens (tertiary/aromatic N) is 2. The molecule has 23 heavy (non-hydrogen) atoms. The Morgan fingerprint density at radius 3 is 2.74 bits per heavy atom. The minimum Gasteiger partial charge on any atom is -0.357 e. The first kappa shape index (κ1) is 17.9. The Kier molecular flexibility index (Phi) is 6.53. The van der Waals surface area contributed by atoms with E-state index in [0.717, 1.165) is 21.7 Å². The average molecular weight is 399 g/mol. The molecular weight excluding hydrogens is 379 g/mol. The predicted molar refractivity (Wildman–Crippen MR) is 97.3 cm³/mol. The van der Waals surface area contributed by atoms with E-state index in [-0.39, 0.29) is 12.4 Å². The summed E-state index contributed by atoms with van der Waals surface area (Å²) in [5.41, 5.74) is 1.60. The van der Waals surface area contributed by atoms with Crippen molar-refractivity contribution in [3.05, 3.63) is 49.6 Å². The van der Waals surface area contributed by atoms with Crippen LogP contribution in [-0.4, -0.2) is 17.5 Å². The second-order valence-electron chi connectivity index (χ2n) is 5.03. The SMILES string of the molecule is CCNC(=NCc1ccc(Br)cc1F)NCc1sc(C)nc1C. The maximum atomic E-state index is 13.8. The molecule has 0 aliphatic rings. The number of aliphatic imine (C=N–C) groups is 1. The van der Waals surface area contributed by atoms with Gasteiger partial charge in [0.25, 0.3) is 0 Å². The Morgan fingerprint density at radius 1 is 1.35 bits per heavy atom. The van der Waals surface area contributed by atoms with Gasteiger partial charge >= 0.3 is 0 Å². The lowest BCUT2D eigenvalue weighted by Crippen LogP contribution is -2.36. The molecule has 2 aromatic rings. The summed E-state index contributed by atoms with van der Waals surface area (Å²) in [6.45, 7) is 7.69. The molecule has 0 aliphatic carbocycles. The van der Waals surface area contributed by atoms with Crippen LogP contribution in [0.1, 0.15) is 28.1 Å². The van der Waals surface area contributed by atoms with Crippen LogP contribution in [0, 0.1) is 19.7 Å². The van der Waals surface area contributed by atoms with Gasteiger partial charge in [0.1, 0.15) is 5.82 Å². The number of halogens is 2. The van der Waals surface area contributed by atoms with Crippen LogP contribution in [-0.2, 0) is 13.1 Å². The summed E-state index contributed by atoms with van der Waals surface area (Å²) in [4.78, 5) is 10.0. The van der Waals surface area contributed by atoms with Crippen LogP contribution in [0.5, 0.6) is 0 Å². The minimum absolute atomic E-state index is 0.257. The van der Waals surface area contributed by atoms with Crippen molar-refractivity contribution < 1.29 is 4.39 Å². The van der Waals surface area contributed by atoms with E-state index in [1.807, 2.05) is 26.8 Å². The number of nitrogens with one attached hydrogen (secondary N) is 2. The summed E-state index contributed by atoms with van der Waals surface area (Å²) in [5, 5.41) is 7.50. The number of aryl methyl sites for hydroxylation is 2. The summed E-state index contributed by atoms with van der Waals surface area (Å²) in [5.74, 6) is 0.410. The number of thiazole rings is 1. The van der Waals surface area contributed by atoms with E-state index >= 15 is 0 Å². The Hall–Kier alpha value is -1.47. The van der Waals surface area contributed by atoms with Gasteiger partial charge in [0.05, 0.1) is 23.8 Å². The van der Waals surface area contributed by atoms with Crippen molar-refractivity contribution in [3.63, 3.8) is 0 Å². The monoisotopic (exact) mass is 398 g/mol. The van der Waals surface area contributed by atoms with E-state index in [2.05, 4.69) is 36.5 Å². The van der Waals surface area contributed by atoms with E-state index < -0.39 is 0 Å². The second-order valence-corrected chi connectivity index (χ2v) is 7.23. The molecule has 0 saturated heterocycles. The quantitative estimate of drug-likeness (QED) is 0.592. The van der Waals surface area contributed by atoms with Gasteiger partial charge in [-0.1, -0.05) is 22.0 Å². The maximum Gasteiger partial charge on any atom is 0.191 e. The summed E-state index contributed by atoms with van der Waals surface area (Å²) >= 11 is 4.93. The molecule has 0 spiro atoms. The Morgan fingerprint density at radius 2 is 2.13 bits per heavy atom. The molecule has 0 fully saturated rings. The molecule has 2 rings (SSSR count). The lowest BCUT2D eigenvalue weighted by molar-refractivity contribution is 0.609. The molecule has 1 heterocycles. The van der Waals surface area contributed by atoms with Gasteiger partial charge in [0.15, 0.2) is 5.96 Å². The number of guanidine groups is 1. The highest BCUT2D eigenvalue weighted by Gasteiger charge is 2.07. The van der Waals surface area contributed by atoms with Crippen LogP contribution in [0.2, 0.25) is 0 Å². The van der Waals surface area contributed by atoms with Crippen molar-refractivity contribution in [1.82, 2.24) is 15.6 Å². The van der Waals surface area contributed by atoms with Gasteiger partial charge in [-0.25, -0.2) is 14.4 Å². The van der Waals surface area contributed by atoms with Crippen molar-refractivity contribution in [3.8, 4) is 0 Å². The van der Waals surface area contributed by atoms with Crippen LogP contribution >= 0.6 is 27.3 Å². The van der Waals surface area contributed by atoms with E-state index in [9.17, 15) is 4.39 Å². The molecule has 1 aromatic heterocycles. The van der Waals surface area contributed by atoms with Gasteiger partial charge in [0, 0.05) is 21.5 Å². The van der Waals surface area contributed by atoms with Crippen molar-refractivity contribution in [1.29, 1.82) is 0 Å². The molecule has 0 amide bonds.